The SMILES string of the molecule is CCOP1OCC(CC)O1. The molecule has 1 saturated heterocycles. The smallest absolute Gasteiger partial charge is 0.313 e. The highest BCUT2D eigenvalue weighted by atomic mass is 31.2. The van der Waals surface area contributed by atoms with E-state index in [0.29, 0.717) is 13.2 Å². The number of hydrogen-bond donors (Lipinski definition) is 0. The second kappa shape index (κ2) is 4.24. The van der Waals surface area contributed by atoms with Crippen LogP contribution in [0.2, 0.25) is 0 Å². The largest absolute Gasteiger partial charge is 0.333 e. The lowest BCUT2D eigenvalue weighted by molar-refractivity contribution is 0.215. The van der Waals surface area contributed by atoms with Crippen LogP contribution in [0.1, 0.15) is 20.3 Å². The third kappa shape index (κ3) is 2.17. The van der Waals surface area contributed by atoms with Gasteiger partial charge in [0.15, 0.2) is 0 Å². The fourth-order valence-corrected chi connectivity index (χ4v) is 1.84. The Morgan fingerprint density at radius 2 is 2.40 bits per heavy atom. The van der Waals surface area contributed by atoms with Crippen LogP contribution in [0.4, 0.5) is 0 Å². The summed E-state index contributed by atoms with van der Waals surface area (Å²) in [6.45, 7) is 5.39. The molecule has 1 rings (SSSR count). The highest BCUT2D eigenvalue weighted by Gasteiger charge is 2.26. The number of rotatable bonds is 3. The van der Waals surface area contributed by atoms with Crippen LogP contribution in [0.3, 0.4) is 0 Å². The molecule has 0 spiro atoms. The van der Waals surface area contributed by atoms with Gasteiger partial charge in [-0.1, -0.05) is 6.92 Å². The lowest BCUT2D eigenvalue weighted by Gasteiger charge is -2.06. The van der Waals surface area contributed by atoms with Gasteiger partial charge in [-0.2, -0.15) is 0 Å². The molecule has 0 radical (unpaired) electrons. The van der Waals surface area contributed by atoms with Crippen molar-refractivity contribution in [3.05, 3.63) is 0 Å². The van der Waals surface area contributed by atoms with Gasteiger partial charge in [0.25, 0.3) is 0 Å². The summed E-state index contributed by atoms with van der Waals surface area (Å²) in [6, 6.07) is 0. The van der Waals surface area contributed by atoms with Crippen LogP contribution < -0.4 is 0 Å². The first-order valence-electron chi connectivity index (χ1n) is 3.59. The van der Waals surface area contributed by atoms with E-state index in [0.717, 1.165) is 6.42 Å². The third-order valence-corrected chi connectivity index (χ3v) is 2.59. The maximum atomic E-state index is 5.37. The molecule has 0 amide bonds. The van der Waals surface area contributed by atoms with Gasteiger partial charge in [0.1, 0.15) is 0 Å². The minimum absolute atomic E-state index is 0.262. The Balaban J connectivity index is 2.15. The average molecular weight is 164 g/mol. The molecule has 0 aromatic carbocycles. The summed E-state index contributed by atoms with van der Waals surface area (Å²) in [6.07, 6.45) is 1.27. The second-order valence-electron chi connectivity index (χ2n) is 2.07. The summed E-state index contributed by atoms with van der Waals surface area (Å²) in [5.74, 6) is 0. The number of hydrogen-bond acceptors (Lipinski definition) is 3. The molecule has 4 heteroatoms. The van der Waals surface area contributed by atoms with Crippen LogP contribution in [-0.4, -0.2) is 19.3 Å². The minimum atomic E-state index is -0.990. The topological polar surface area (TPSA) is 27.7 Å². The molecule has 1 aliphatic heterocycles. The molecule has 3 nitrogen and oxygen atoms in total. The van der Waals surface area contributed by atoms with Crippen molar-refractivity contribution in [3.63, 3.8) is 0 Å². The monoisotopic (exact) mass is 164 g/mol. The predicted octanol–water partition coefficient (Wildman–Crippen LogP) is 2.08. The normalized spacial score (nSPS) is 33.0. The quantitative estimate of drug-likeness (QED) is 0.597. The zero-order valence-electron chi connectivity index (χ0n) is 6.37. The van der Waals surface area contributed by atoms with Crippen molar-refractivity contribution < 1.29 is 13.6 Å². The molecule has 0 saturated carbocycles. The highest BCUT2D eigenvalue weighted by Crippen LogP contribution is 2.46. The molecule has 1 heterocycles. The zero-order valence-corrected chi connectivity index (χ0v) is 7.27. The van der Waals surface area contributed by atoms with E-state index in [2.05, 4.69) is 6.92 Å². The highest BCUT2D eigenvalue weighted by molar-refractivity contribution is 7.41. The van der Waals surface area contributed by atoms with Crippen LogP contribution in [0.5, 0.6) is 0 Å². The van der Waals surface area contributed by atoms with Gasteiger partial charge in [-0.05, 0) is 13.3 Å². The van der Waals surface area contributed by atoms with Crippen molar-refractivity contribution in [2.24, 2.45) is 0 Å². The summed E-state index contributed by atoms with van der Waals surface area (Å²) in [4.78, 5) is 0. The Bertz CT molecular complexity index is 99.0. The van der Waals surface area contributed by atoms with E-state index in [-0.39, 0.29) is 6.10 Å². The van der Waals surface area contributed by atoms with Gasteiger partial charge < -0.3 is 13.6 Å². The van der Waals surface area contributed by atoms with E-state index < -0.39 is 8.60 Å². The van der Waals surface area contributed by atoms with E-state index in [4.69, 9.17) is 13.6 Å². The van der Waals surface area contributed by atoms with Crippen LogP contribution in [0.25, 0.3) is 0 Å². The summed E-state index contributed by atoms with van der Waals surface area (Å²) in [7, 11) is -0.990. The van der Waals surface area contributed by atoms with E-state index in [1.165, 1.54) is 0 Å². The molecule has 0 aromatic heterocycles. The lowest BCUT2D eigenvalue weighted by atomic mass is 10.3. The maximum Gasteiger partial charge on any atom is 0.333 e. The molecule has 10 heavy (non-hydrogen) atoms. The van der Waals surface area contributed by atoms with Crippen molar-refractivity contribution >= 4 is 8.60 Å². The summed E-state index contributed by atoms with van der Waals surface area (Å²) in [5, 5.41) is 0. The Labute approximate surface area is 62.7 Å². The van der Waals surface area contributed by atoms with E-state index in [1.807, 2.05) is 6.92 Å². The fraction of sp³-hybridized carbons (Fsp3) is 1.00. The average Bonchev–Trinajstić information content (AvgIpc) is 2.37. The van der Waals surface area contributed by atoms with Gasteiger partial charge in [-0.15, -0.1) is 0 Å². The lowest BCUT2D eigenvalue weighted by Crippen LogP contribution is -2.05. The van der Waals surface area contributed by atoms with Crippen LogP contribution in [0.15, 0.2) is 0 Å². The Hall–Kier alpha value is 0.310. The molecular weight excluding hydrogens is 151 g/mol. The van der Waals surface area contributed by atoms with Crippen molar-refractivity contribution in [2.45, 2.75) is 26.4 Å². The predicted molar refractivity (Wildman–Crippen MR) is 39.7 cm³/mol. The van der Waals surface area contributed by atoms with Gasteiger partial charge in [-0.3, -0.25) is 0 Å². The Kier molecular flexibility index (Phi) is 3.57. The molecule has 0 aliphatic carbocycles. The standard InChI is InChI=1S/C6H13O3P/c1-3-6-5-8-10(9-6)7-4-2/h6H,3-5H2,1-2H3. The first-order chi connectivity index (χ1) is 4.86. The molecule has 0 bridgehead atoms. The van der Waals surface area contributed by atoms with Crippen molar-refractivity contribution in [2.75, 3.05) is 13.2 Å². The maximum absolute atomic E-state index is 5.37. The first-order valence-corrected chi connectivity index (χ1v) is 4.69. The van der Waals surface area contributed by atoms with Gasteiger partial charge in [0, 0.05) is 0 Å². The third-order valence-electron chi connectivity index (χ3n) is 1.29. The second-order valence-corrected chi connectivity index (χ2v) is 3.25. The van der Waals surface area contributed by atoms with E-state index >= 15 is 0 Å². The van der Waals surface area contributed by atoms with Gasteiger partial charge in [0.2, 0.25) is 0 Å². The molecule has 1 aliphatic rings. The van der Waals surface area contributed by atoms with Crippen molar-refractivity contribution in [1.82, 2.24) is 0 Å². The van der Waals surface area contributed by atoms with Crippen molar-refractivity contribution in [3.8, 4) is 0 Å². The first kappa shape index (κ1) is 8.41. The molecule has 0 aromatic rings. The van der Waals surface area contributed by atoms with Crippen LogP contribution >= 0.6 is 8.60 Å². The fourth-order valence-electron chi connectivity index (χ4n) is 0.692. The molecular formula is C6H13O3P. The van der Waals surface area contributed by atoms with Crippen LogP contribution in [0, 0.1) is 0 Å². The van der Waals surface area contributed by atoms with Gasteiger partial charge in [0.05, 0.1) is 19.3 Å². The minimum Gasteiger partial charge on any atom is -0.313 e. The zero-order chi connectivity index (χ0) is 7.40. The molecule has 2 atom stereocenters. The summed E-state index contributed by atoms with van der Waals surface area (Å²) in [5.41, 5.74) is 0. The molecule has 60 valence electrons. The van der Waals surface area contributed by atoms with Crippen LogP contribution in [-0.2, 0) is 13.6 Å². The van der Waals surface area contributed by atoms with Gasteiger partial charge in [-0.25, -0.2) is 0 Å². The summed E-state index contributed by atoms with van der Waals surface area (Å²) >= 11 is 0. The van der Waals surface area contributed by atoms with Gasteiger partial charge >= 0.3 is 8.60 Å². The Morgan fingerprint density at radius 3 is 2.90 bits per heavy atom. The van der Waals surface area contributed by atoms with Crippen molar-refractivity contribution in [1.29, 1.82) is 0 Å². The molecule has 2 unspecified atom stereocenters. The van der Waals surface area contributed by atoms with E-state index in [1.54, 1.807) is 0 Å². The Morgan fingerprint density at radius 1 is 1.60 bits per heavy atom. The molecule has 0 N–H and O–H groups in total. The summed E-state index contributed by atoms with van der Waals surface area (Å²) < 4.78 is 15.7. The van der Waals surface area contributed by atoms with E-state index in [9.17, 15) is 0 Å². The molecule has 1 fully saturated rings.